The van der Waals surface area contributed by atoms with Crippen molar-refractivity contribution in [2.75, 3.05) is 13.2 Å². The molecular weight excluding hydrogens is 324 g/mol. The van der Waals surface area contributed by atoms with Crippen molar-refractivity contribution in [1.82, 2.24) is 10.2 Å². The Bertz CT molecular complexity index is 728. The van der Waals surface area contributed by atoms with Crippen LogP contribution in [0.25, 0.3) is 0 Å². The van der Waals surface area contributed by atoms with Crippen LogP contribution < -0.4 is 10.1 Å². The molecule has 3 rings (SSSR count). The Labute approximate surface area is 156 Å². The zero-order valence-corrected chi connectivity index (χ0v) is 15.7. The summed E-state index contributed by atoms with van der Waals surface area (Å²) in [6.07, 6.45) is 3.56. The Morgan fingerprint density at radius 1 is 1.12 bits per heavy atom. The zero-order valence-electron chi connectivity index (χ0n) is 15.7. The van der Waals surface area contributed by atoms with Gasteiger partial charge < -0.3 is 15.0 Å². The van der Waals surface area contributed by atoms with Crippen LogP contribution in [0.2, 0.25) is 0 Å². The first-order chi connectivity index (χ1) is 12.6. The van der Waals surface area contributed by atoms with Crippen molar-refractivity contribution in [2.24, 2.45) is 0 Å². The van der Waals surface area contributed by atoms with Gasteiger partial charge in [0.15, 0.2) is 0 Å². The summed E-state index contributed by atoms with van der Waals surface area (Å²) in [4.78, 5) is 14.4. The van der Waals surface area contributed by atoms with Crippen LogP contribution in [0.3, 0.4) is 0 Å². The van der Waals surface area contributed by atoms with Gasteiger partial charge >= 0.3 is 6.03 Å². The summed E-state index contributed by atoms with van der Waals surface area (Å²) < 4.78 is 5.81. The maximum atomic E-state index is 12.5. The SMILES string of the molecule is CC(C)N(Cc1ccccc1)C(=O)NCCOc1ccc2c(c1)CCC2. The highest BCUT2D eigenvalue weighted by molar-refractivity contribution is 5.74. The van der Waals surface area contributed by atoms with Crippen molar-refractivity contribution in [3.05, 3.63) is 65.2 Å². The molecule has 0 saturated heterocycles. The summed E-state index contributed by atoms with van der Waals surface area (Å²) in [6.45, 7) is 5.64. The normalized spacial score (nSPS) is 12.7. The van der Waals surface area contributed by atoms with Gasteiger partial charge in [-0.25, -0.2) is 4.79 Å². The van der Waals surface area contributed by atoms with Crippen LogP contribution in [0.5, 0.6) is 5.75 Å². The third kappa shape index (κ3) is 4.78. The quantitative estimate of drug-likeness (QED) is 0.760. The minimum Gasteiger partial charge on any atom is -0.492 e. The van der Waals surface area contributed by atoms with E-state index in [-0.39, 0.29) is 12.1 Å². The first-order valence-electron chi connectivity index (χ1n) is 9.46. The van der Waals surface area contributed by atoms with Gasteiger partial charge in [-0.15, -0.1) is 0 Å². The fraction of sp³-hybridized carbons (Fsp3) is 0.409. The van der Waals surface area contributed by atoms with Crippen molar-refractivity contribution >= 4 is 6.03 Å². The molecule has 1 aliphatic carbocycles. The molecule has 0 bridgehead atoms. The minimum atomic E-state index is -0.0543. The van der Waals surface area contributed by atoms with Gasteiger partial charge in [0.2, 0.25) is 0 Å². The number of benzene rings is 2. The molecule has 4 heteroatoms. The molecule has 0 saturated carbocycles. The van der Waals surface area contributed by atoms with E-state index in [2.05, 4.69) is 17.4 Å². The van der Waals surface area contributed by atoms with E-state index in [1.165, 1.54) is 24.0 Å². The number of urea groups is 1. The molecule has 0 aromatic heterocycles. The van der Waals surface area contributed by atoms with Gasteiger partial charge in [-0.3, -0.25) is 0 Å². The topological polar surface area (TPSA) is 41.6 Å². The second kappa shape index (κ2) is 8.75. The average molecular weight is 352 g/mol. The maximum Gasteiger partial charge on any atom is 0.318 e. The molecular formula is C22H28N2O2. The predicted octanol–water partition coefficient (Wildman–Crippen LogP) is 4.17. The number of nitrogens with one attached hydrogen (secondary N) is 1. The first-order valence-corrected chi connectivity index (χ1v) is 9.46. The van der Waals surface area contributed by atoms with E-state index in [0.29, 0.717) is 19.7 Å². The fourth-order valence-electron chi connectivity index (χ4n) is 3.34. The Balaban J connectivity index is 1.46. The van der Waals surface area contributed by atoms with E-state index >= 15 is 0 Å². The molecule has 2 aromatic carbocycles. The van der Waals surface area contributed by atoms with Crippen LogP contribution in [0, 0.1) is 0 Å². The molecule has 1 N–H and O–H groups in total. The second-order valence-electron chi connectivity index (χ2n) is 7.07. The van der Waals surface area contributed by atoms with Crippen molar-refractivity contribution in [3.63, 3.8) is 0 Å². The molecule has 4 nitrogen and oxygen atoms in total. The molecule has 0 aliphatic heterocycles. The van der Waals surface area contributed by atoms with Gasteiger partial charge in [-0.2, -0.15) is 0 Å². The summed E-state index contributed by atoms with van der Waals surface area (Å²) in [6, 6.07) is 16.5. The Morgan fingerprint density at radius 2 is 1.88 bits per heavy atom. The minimum absolute atomic E-state index is 0.0543. The summed E-state index contributed by atoms with van der Waals surface area (Å²) in [5.74, 6) is 0.893. The van der Waals surface area contributed by atoms with Crippen LogP contribution in [-0.4, -0.2) is 30.1 Å². The van der Waals surface area contributed by atoms with Crippen LogP contribution in [0.15, 0.2) is 48.5 Å². The van der Waals surface area contributed by atoms with E-state index in [0.717, 1.165) is 17.7 Å². The molecule has 138 valence electrons. The number of amides is 2. The van der Waals surface area contributed by atoms with Gasteiger partial charge in [-0.1, -0.05) is 36.4 Å². The lowest BCUT2D eigenvalue weighted by Crippen LogP contribution is -2.44. The standard InChI is InChI=1S/C22H28N2O2/c1-17(2)24(16-18-7-4-3-5-8-18)22(25)23-13-14-26-21-12-11-19-9-6-10-20(19)15-21/h3-5,7-8,11-12,15,17H,6,9-10,13-14,16H2,1-2H3,(H,23,25). The number of carbonyl (C=O) groups excluding carboxylic acids is 1. The Hall–Kier alpha value is -2.49. The monoisotopic (exact) mass is 352 g/mol. The van der Waals surface area contributed by atoms with Crippen molar-refractivity contribution in [2.45, 2.75) is 45.7 Å². The number of hydrogen-bond acceptors (Lipinski definition) is 2. The number of nitrogens with zero attached hydrogens (tertiary/aromatic N) is 1. The number of aryl methyl sites for hydroxylation is 2. The third-order valence-corrected chi connectivity index (χ3v) is 4.80. The van der Waals surface area contributed by atoms with E-state index in [4.69, 9.17) is 4.74 Å². The van der Waals surface area contributed by atoms with Gasteiger partial charge in [0.05, 0.1) is 6.54 Å². The molecule has 0 heterocycles. The molecule has 1 aliphatic rings. The molecule has 0 fully saturated rings. The van der Waals surface area contributed by atoms with E-state index in [1.54, 1.807) is 0 Å². The number of ether oxygens (including phenoxy) is 1. The number of fused-ring (bicyclic) bond motifs is 1. The smallest absolute Gasteiger partial charge is 0.318 e. The lowest BCUT2D eigenvalue weighted by molar-refractivity contribution is 0.177. The fourth-order valence-corrected chi connectivity index (χ4v) is 3.34. The number of rotatable bonds is 7. The summed E-state index contributed by atoms with van der Waals surface area (Å²) >= 11 is 0. The average Bonchev–Trinajstić information content (AvgIpc) is 3.11. The Kier molecular flexibility index (Phi) is 6.16. The molecule has 2 amide bonds. The Morgan fingerprint density at radius 3 is 2.65 bits per heavy atom. The highest BCUT2D eigenvalue weighted by Crippen LogP contribution is 2.25. The van der Waals surface area contributed by atoms with Crippen molar-refractivity contribution in [1.29, 1.82) is 0 Å². The van der Waals surface area contributed by atoms with E-state index in [1.807, 2.05) is 55.1 Å². The number of hydrogen-bond donors (Lipinski definition) is 1. The molecule has 2 aromatic rings. The second-order valence-corrected chi connectivity index (χ2v) is 7.07. The van der Waals surface area contributed by atoms with Gasteiger partial charge in [-0.05, 0) is 61.9 Å². The largest absolute Gasteiger partial charge is 0.492 e. The highest BCUT2D eigenvalue weighted by Gasteiger charge is 2.17. The lowest BCUT2D eigenvalue weighted by Gasteiger charge is -2.27. The van der Waals surface area contributed by atoms with Gasteiger partial charge in [0.25, 0.3) is 0 Å². The molecule has 0 radical (unpaired) electrons. The number of carbonyl (C=O) groups is 1. The summed E-state index contributed by atoms with van der Waals surface area (Å²) in [5.41, 5.74) is 3.98. The summed E-state index contributed by atoms with van der Waals surface area (Å²) in [7, 11) is 0. The first kappa shape index (κ1) is 18.3. The van der Waals surface area contributed by atoms with Crippen molar-refractivity contribution in [3.8, 4) is 5.75 Å². The van der Waals surface area contributed by atoms with Crippen LogP contribution in [0.1, 0.15) is 37.0 Å². The lowest BCUT2D eigenvalue weighted by atomic mass is 10.1. The zero-order chi connectivity index (χ0) is 18.4. The van der Waals surface area contributed by atoms with E-state index < -0.39 is 0 Å². The predicted molar refractivity (Wildman–Crippen MR) is 104 cm³/mol. The van der Waals surface area contributed by atoms with Crippen LogP contribution >= 0.6 is 0 Å². The van der Waals surface area contributed by atoms with Crippen LogP contribution in [0.4, 0.5) is 4.79 Å². The summed E-state index contributed by atoms with van der Waals surface area (Å²) in [5, 5.41) is 2.97. The van der Waals surface area contributed by atoms with Crippen LogP contribution in [-0.2, 0) is 19.4 Å². The van der Waals surface area contributed by atoms with E-state index in [9.17, 15) is 4.79 Å². The molecule has 0 spiro atoms. The van der Waals surface area contributed by atoms with Gasteiger partial charge in [0.1, 0.15) is 12.4 Å². The molecule has 0 atom stereocenters. The van der Waals surface area contributed by atoms with Gasteiger partial charge in [0, 0.05) is 12.6 Å². The molecule has 0 unspecified atom stereocenters. The molecule has 26 heavy (non-hydrogen) atoms. The third-order valence-electron chi connectivity index (χ3n) is 4.80. The maximum absolute atomic E-state index is 12.5. The van der Waals surface area contributed by atoms with Crippen molar-refractivity contribution < 1.29 is 9.53 Å². The highest BCUT2D eigenvalue weighted by atomic mass is 16.5.